The molecule has 0 unspecified atom stereocenters. The zero-order valence-corrected chi connectivity index (χ0v) is 11.1. The number of nitrogens with two attached hydrogens (primary N) is 1. The van der Waals surface area contributed by atoms with Crippen molar-refractivity contribution in [3.8, 4) is 0 Å². The first-order valence-corrected chi connectivity index (χ1v) is 6.51. The Bertz CT molecular complexity index is 484. The highest BCUT2D eigenvalue weighted by Gasteiger charge is 2.30. The number of hydrogen-bond acceptors (Lipinski definition) is 3. The van der Waals surface area contributed by atoms with Crippen molar-refractivity contribution < 1.29 is 9.60 Å². The van der Waals surface area contributed by atoms with Crippen molar-refractivity contribution in [1.29, 1.82) is 0 Å². The van der Waals surface area contributed by atoms with E-state index in [-0.39, 0.29) is 5.84 Å². The van der Waals surface area contributed by atoms with Crippen LogP contribution in [0.15, 0.2) is 23.4 Å². The van der Waals surface area contributed by atoms with Gasteiger partial charge in [-0.3, -0.25) is 0 Å². The van der Waals surface area contributed by atoms with Crippen molar-refractivity contribution in [2.24, 2.45) is 16.3 Å². The third-order valence-electron chi connectivity index (χ3n) is 3.88. The average molecular weight is 265 g/mol. The van der Waals surface area contributed by atoms with Crippen LogP contribution in [-0.2, 0) is 6.54 Å². The summed E-state index contributed by atoms with van der Waals surface area (Å²) in [5.41, 5.74) is 7.22. The summed E-state index contributed by atoms with van der Waals surface area (Å²) in [7, 11) is 0. The lowest BCUT2D eigenvalue weighted by atomic mass is 9.70. The minimum absolute atomic E-state index is 0.0637. The summed E-state index contributed by atoms with van der Waals surface area (Å²) in [6.07, 6.45) is 3.79. The predicted molar refractivity (Wildman–Crippen MR) is 72.6 cm³/mol. The number of nitrogens with one attached hydrogen (secondary N) is 1. The Morgan fingerprint density at radius 3 is 2.84 bits per heavy atom. The molecule has 0 aromatic heterocycles. The van der Waals surface area contributed by atoms with Gasteiger partial charge in [-0.15, -0.1) is 0 Å². The number of benzene rings is 1. The smallest absolute Gasteiger partial charge is 0.170 e. The number of nitrogens with zero attached hydrogens (tertiary/aromatic N) is 1. The molecular formula is C14H20FN3O. The molecule has 4 nitrogen and oxygen atoms in total. The first-order valence-electron chi connectivity index (χ1n) is 6.51. The standard InChI is InChI=1S/C14H20FN3O/c1-14(5-2-6-14)9-17-8-10-3-4-11(15)7-12(10)13(16)18-19/h3-4,7,17,19H,2,5-6,8-9H2,1H3,(H2,16,18). The maximum Gasteiger partial charge on any atom is 0.170 e. The van der Waals surface area contributed by atoms with E-state index in [1.54, 1.807) is 6.07 Å². The lowest BCUT2D eigenvalue weighted by Crippen LogP contribution is -2.37. The average Bonchev–Trinajstić information content (AvgIpc) is 2.37. The molecular weight excluding hydrogens is 245 g/mol. The first kappa shape index (κ1) is 13.8. The van der Waals surface area contributed by atoms with Crippen molar-refractivity contribution >= 4 is 5.84 Å². The summed E-state index contributed by atoms with van der Waals surface area (Å²) in [6, 6.07) is 4.34. The molecule has 4 N–H and O–H groups in total. The molecule has 0 saturated heterocycles. The molecule has 0 amide bonds. The van der Waals surface area contributed by atoms with Crippen LogP contribution in [0, 0.1) is 11.2 Å². The molecule has 0 heterocycles. The highest BCUT2D eigenvalue weighted by molar-refractivity contribution is 5.98. The monoisotopic (exact) mass is 265 g/mol. The number of halogens is 1. The van der Waals surface area contributed by atoms with Crippen LogP contribution in [0.1, 0.15) is 37.3 Å². The molecule has 1 saturated carbocycles. The van der Waals surface area contributed by atoms with Crippen molar-refractivity contribution in [2.45, 2.75) is 32.7 Å². The van der Waals surface area contributed by atoms with E-state index in [1.165, 1.54) is 31.4 Å². The summed E-state index contributed by atoms with van der Waals surface area (Å²) in [4.78, 5) is 0. The van der Waals surface area contributed by atoms with Gasteiger partial charge in [0.25, 0.3) is 0 Å². The first-order chi connectivity index (χ1) is 9.04. The Labute approximate surface area is 112 Å². The van der Waals surface area contributed by atoms with Crippen LogP contribution in [0.4, 0.5) is 4.39 Å². The molecule has 1 aliphatic carbocycles. The van der Waals surface area contributed by atoms with Crippen molar-refractivity contribution in [3.63, 3.8) is 0 Å². The van der Waals surface area contributed by atoms with E-state index in [2.05, 4.69) is 17.4 Å². The fourth-order valence-electron chi connectivity index (χ4n) is 2.45. The Morgan fingerprint density at radius 1 is 1.53 bits per heavy atom. The Hall–Kier alpha value is -1.62. The second kappa shape index (κ2) is 5.57. The summed E-state index contributed by atoms with van der Waals surface area (Å²) in [5.74, 6) is -0.456. The van der Waals surface area contributed by atoms with E-state index < -0.39 is 5.82 Å². The van der Waals surface area contributed by atoms with Crippen LogP contribution in [0.5, 0.6) is 0 Å². The second-order valence-corrected chi connectivity index (χ2v) is 5.55. The van der Waals surface area contributed by atoms with Gasteiger partial charge in [-0.05, 0) is 36.0 Å². The van der Waals surface area contributed by atoms with Crippen LogP contribution in [0.25, 0.3) is 0 Å². The minimum Gasteiger partial charge on any atom is -0.409 e. The van der Waals surface area contributed by atoms with Gasteiger partial charge >= 0.3 is 0 Å². The zero-order valence-electron chi connectivity index (χ0n) is 11.1. The molecule has 19 heavy (non-hydrogen) atoms. The summed E-state index contributed by atoms with van der Waals surface area (Å²) < 4.78 is 13.2. The number of hydrogen-bond donors (Lipinski definition) is 3. The van der Waals surface area contributed by atoms with Crippen molar-refractivity contribution in [3.05, 3.63) is 35.1 Å². The van der Waals surface area contributed by atoms with Crippen molar-refractivity contribution in [1.82, 2.24) is 5.32 Å². The lowest BCUT2D eigenvalue weighted by molar-refractivity contribution is 0.156. The second-order valence-electron chi connectivity index (χ2n) is 5.55. The van der Waals surface area contributed by atoms with Crippen LogP contribution in [0.2, 0.25) is 0 Å². The quantitative estimate of drug-likeness (QED) is 0.331. The Balaban J connectivity index is 2.03. The van der Waals surface area contributed by atoms with E-state index in [0.29, 0.717) is 17.5 Å². The fraction of sp³-hybridized carbons (Fsp3) is 0.500. The molecule has 104 valence electrons. The van der Waals surface area contributed by atoms with Gasteiger partial charge in [0.05, 0.1) is 0 Å². The van der Waals surface area contributed by atoms with Gasteiger partial charge in [0.2, 0.25) is 0 Å². The van der Waals surface area contributed by atoms with Gasteiger partial charge in [0.15, 0.2) is 5.84 Å². The summed E-state index contributed by atoms with van der Waals surface area (Å²) >= 11 is 0. The van der Waals surface area contributed by atoms with Crippen LogP contribution >= 0.6 is 0 Å². The van der Waals surface area contributed by atoms with E-state index in [9.17, 15) is 4.39 Å². The van der Waals surface area contributed by atoms with E-state index in [4.69, 9.17) is 10.9 Å². The molecule has 1 aromatic rings. The van der Waals surface area contributed by atoms with Crippen LogP contribution in [-0.4, -0.2) is 17.6 Å². The highest BCUT2D eigenvalue weighted by atomic mass is 19.1. The SMILES string of the molecule is CC1(CNCc2ccc(F)cc2/C(N)=N/O)CCC1. The number of amidine groups is 1. The maximum absolute atomic E-state index is 13.2. The third kappa shape index (κ3) is 3.23. The maximum atomic E-state index is 13.2. The Kier molecular flexibility index (Phi) is 4.04. The van der Waals surface area contributed by atoms with Gasteiger partial charge in [0, 0.05) is 18.7 Å². The van der Waals surface area contributed by atoms with Gasteiger partial charge < -0.3 is 16.3 Å². The summed E-state index contributed by atoms with van der Waals surface area (Å²) in [5, 5.41) is 15.0. The van der Waals surface area contributed by atoms with E-state index >= 15 is 0 Å². The van der Waals surface area contributed by atoms with Crippen LogP contribution < -0.4 is 11.1 Å². The Morgan fingerprint density at radius 2 is 2.26 bits per heavy atom. The topological polar surface area (TPSA) is 70.6 Å². The lowest BCUT2D eigenvalue weighted by Gasteiger charge is -2.38. The summed E-state index contributed by atoms with van der Waals surface area (Å²) in [6.45, 7) is 3.78. The van der Waals surface area contributed by atoms with Crippen LogP contribution in [0.3, 0.4) is 0 Å². The normalized spacial score (nSPS) is 18.1. The molecule has 1 aliphatic rings. The predicted octanol–water partition coefficient (Wildman–Crippen LogP) is 2.20. The largest absolute Gasteiger partial charge is 0.409 e. The molecule has 2 rings (SSSR count). The number of rotatable bonds is 5. The molecule has 0 spiro atoms. The molecule has 0 radical (unpaired) electrons. The highest BCUT2D eigenvalue weighted by Crippen LogP contribution is 2.39. The van der Waals surface area contributed by atoms with Gasteiger partial charge in [0.1, 0.15) is 5.82 Å². The van der Waals surface area contributed by atoms with Crippen molar-refractivity contribution in [2.75, 3.05) is 6.54 Å². The minimum atomic E-state index is -0.392. The third-order valence-corrected chi connectivity index (χ3v) is 3.88. The molecule has 0 bridgehead atoms. The van der Waals surface area contributed by atoms with Gasteiger partial charge in [-0.2, -0.15) is 0 Å². The fourth-order valence-corrected chi connectivity index (χ4v) is 2.45. The van der Waals surface area contributed by atoms with Gasteiger partial charge in [-0.1, -0.05) is 24.6 Å². The molecule has 1 aromatic carbocycles. The molecule has 0 aliphatic heterocycles. The molecule has 5 heteroatoms. The van der Waals surface area contributed by atoms with Gasteiger partial charge in [-0.25, -0.2) is 4.39 Å². The zero-order chi connectivity index (χ0) is 13.9. The van der Waals surface area contributed by atoms with E-state index in [0.717, 1.165) is 12.1 Å². The molecule has 0 atom stereocenters. The number of oxime groups is 1. The van der Waals surface area contributed by atoms with E-state index in [1.807, 2.05) is 0 Å². The molecule has 1 fully saturated rings.